The molecule has 0 aliphatic heterocycles. The highest BCUT2D eigenvalue weighted by molar-refractivity contribution is 5.97. The van der Waals surface area contributed by atoms with Crippen LogP contribution < -0.4 is 10.1 Å². The number of nitro benzene ring substituents is 1. The Morgan fingerprint density at radius 2 is 1.96 bits per heavy atom. The number of carbonyl (C=O) groups is 2. The number of methoxy groups -OCH3 is 2. The largest absolute Gasteiger partial charge is 0.508 e. The molecule has 0 saturated heterocycles. The van der Waals surface area contributed by atoms with Crippen LogP contribution in [0.15, 0.2) is 42.5 Å². The molecule has 0 fully saturated rings. The molecule has 142 valence electrons. The number of nitrogens with zero attached hydrogens (tertiary/aromatic N) is 1. The van der Waals surface area contributed by atoms with E-state index in [1.165, 1.54) is 56.7 Å². The van der Waals surface area contributed by atoms with Gasteiger partial charge in [0.1, 0.15) is 17.5 Å². The summed E-state index contributed by atoms with van der Waals surface area (Å²) >= 11 is 0. The third-order valence-corrected chi connectivity index (χ3v) is 3.80. The van der Waals surface area contributed by atoms with Crippen molar-refractivity contribution in [1.82, 2.24) is 5.32 Å². The van der Waals surface area contributed by atoms with Gasteiger partial charge in [-0.25, -0.2) is 4.79 Å². The minimum Gasteiger partial charge on any atom is -0.508 e. The number of aromatic hydroxyl groups is 1. The maximum Gasteiger partial charge on any atom is 0.328 e. The number of amides is 1. The summed E-state index contributed by atoms with van der Waals surface area (Å²) in [7, 11) is 2.56. The second-order valence-electron chi connectivity index (χ2n) is 5.56. The third kappa shape index (κ3) is 4.94. The van der Waals surface area contributed by atoms with Crippen molar-refractivity contribution in [3.8, 4) is 11.5 Å². The van der Waals surface area contributed by atoms with Crippen LogP contribution in [0.25, 0.3) is 0 Å². The van der Waals surface area contributed by atoms with Gasteiger partial charge in [-0.1, -0.05) is 6.07 Å². The maximum atomic E-state index is 12.4. The topological polar surface area (TPSA) is 128 Å². The molecule has 0 saturated carbocycles. The Labute approximate surface area is 154 Å². The molecule has 0 unspecified atom stereocenters. The highest BCUT2D eigenvalue weighted by atomic mass is 16.6. The maximum absolute atomic E-state index is 12.4. The minimum atomic E-state index is -1.11. The van der Waals surface area contributed by atoms with Gasteiger partial charge in [-0.3, -0.25) is 14.9 Å². The van der Waals surface area contributed by atoms with Gasteiger partial charge in [0.25, 0.3) is 11.6 Å². The average Bonchev–Trinajstić information content (AvgIpc) is 2.66. The number of hydrogen-bond donors (Lipinski definition) is 2. The molecule has 1 atom stereocenters. The summed E-state index contributed by atoms with van der Waals surface area (Å²) in [5.74, 6) is -1.10. The number of non-ortho nitro benzene ring substituents is 1. The van der Waals surface area contributed by atoms with Gasteiger partial charge in [0.05, 0.1) is 19.1 Å². The predicted molar refractivity (Wildman–Crippen MR) is 94.7 cm³/mol. The SMILES string of the molecule is COC(=O)[C@H](Cc1cc([N+](=O)[O-])ccc1OC)NC(=O)c1cccc(O)c1. The van der Waals surface area contributed by atoms with Gasteiger partial charge in [0, 0.05) is 29.7 Å². The van der Waals surface area contributed by atoms with E-state index in [1.807, 2.05) is 0 Å². The molecule has 9 nitrogen and oxygen atoms in total. The fourth-order valence-corrected chi connectivity index (χ4v) is 2.48. The van der Waals surface area contributed by atoms with Crippen LogP contribution in [0.1, 0.15) is 15.9 Å². The van der Waals surface area contributed by atoms with Crippen molar-refractivity contribution in [3.05, 3.63) is 63.7 Å². The molecule has 0 heterocycles. The molecule has 9 heteroatoms. The van der Waals surface area contributed by atoms with Crippen molar-refractivity contribution in [3.63, 3.8) is 0 Å². The van der Waals surface area contributed by atoms with Crippen molar-refractivity contribution < 1.29 is 29.1 Å². The molecule has 0 spiro atoms. The number of benzene rings is 2. The first-order chi connectivity index (χ1) is 12.8. The molecule has 0 aliphatic rings. The number of rotatable bonds is 7. The Bertz CT molecular complexity index is 867. The summed E-state index contributed by atoms with van der Waals surface area (Å²) in [6.45, 7) is 0. The zero-order chi connectivity index (χ0) is 20.0. The molecule has 2 aromatic rings. The fourth-order valence-electron chi connectivity index (χ4n) is 2.48. The van der Waals surface area contributed by atoms with Crippen LogP contribution in [0.3, 0.4) is 0 Å². The standard InChI is InChI=1S/C18H18N2O7/c1-26-16-7-6-13(20(24)25)8-12(16)10-15(18(23)27-2)19-17(22)11-4-3-5-14(21)9-11/h3-9,15,21H,10H2,1-2H3,(H,19,22)/t15-/m0/s1. The summed E-state index contributed by atoms with van der Waals surface area (Å²) in [5.41, 5.74) is 0.335. The number of nitro groups is 1. The van der Waals surface area contributed by atoms with Gasteiger partial charge < -0.3 is 19.9 Å². The number of phenolic OH excluding ortho intramolecular Hbond substituents is 1. The molecule has 27 heavy (non-hydrogen) atoms. The lowest BCUT2D eigenvalue weighted by Gasteiger charge is -2.18. The first kappa shape index (κ1) is 19.7. The molecule has 0 bridgehead atoms. The second-order valence-corrected chi connectivity index (χ2v) is 5.56. The molecule has 2 N–H and O–H groups in total. The smallest absolute Gasteiger partial charge is 0.328 e. The molecule has 1 amide bonds. The number of phenols is 1. The summed E-state index contributed by atoms with van der Waals surface area (Å²) in [6, 6.07) is 8.47. The summed E-state index contributed by atoms with van der Waals surface area (Å²) < 4.78 is 9.90. The number of esters is 1. The molecule has 0 aliphatic carbocycles. The van der Waals surface area contributed by atoms with Crippen LogP contribution in [0, 0.1) is 10.1 Å². The van der Waals surface area contributed by atoms with Crippen LogP contribution in [-0.4, -0.2) is 42.2 Å². The van der Waals surface area contributed by atoms with Gasteiger partial charge >= 0.3 is 5.97 Å². The van der Waals surface area contributed by atoms with Crippen LogP contribution in [-0.2, 0) is 16.0 Å². The number of ether oxygens (including phenoxy) is 2. The van der Waals surface area contributed by atoms with E-state index < -0.39 is 22.8 Å². The second kappa shape index (κ2) is 8.65. The van der Waals surface area contributed by atoms with E-state index in [4.69, 9.17) is 9.47 Å². The van der Waals surface area contributed by atoms with Gasteiger partial charge in [-0.2, -0.15) is 0 Å². The van der Waals surface area contributed by atoms with Crippen molar-refractivity contribution >= 4 is 17.6 Å². The molecule has 0 radical (unpaired) electrons. The van der Waals surface area contributed by atoms with Crippen molar-refractivity contribution in [2.75, 3.05) is 14.2 Å². The van der Waals surface area contributed by atoms with Gasteiger partial charge in [-0.05, 0) is 24.3 Å². The summed E-state index contributed by atoms with van der Waals surface area (Å²) in [5, 5.41) is 23.0. The van der Waals surface area contributed by atoms with E-state index in [0.29, 0.717) is 11.3 Å². The molecule has 2 aromatic carbocycles. The minimum absolute atomic E-state index is 0.0813. The number of hydrogen-bond acceptors (Lipinski definition) is 7. The van der Waals surface area contributed by atoms with E-state index in [1.54, 1.807) is 0 Å². The van der Waals surface area contributed by atoms with Crippen LogP contribution in [0.2, 0.25) is 0 Å². The molecule has 2 rings (SSSR count). The first-order valence-electron chi connectivity index (χ1n) is 7.84. The first-order valence-corrected chi connectivity index (χ1v) is 7.84. The van der Waals surface area contributed by atoms with Gasteiger partial charge in [0.15, 0.2) is 0 Å². The molecular formula is C18H18N2O7. The number of carbonyl (C=O) groups excluding carboxylic acids is 2. The Morgan fingerprint density at radius 1 is 1.22 bits per heavy atom. The van der Waals surface area contributed by atoms with Crippen LogP contribution >= 0.6 is 0 Å². The summed E-state index contributed by atoms with van der Waals surface area (Å²) in [6.07, 6.45) is -0.0813. The lowest BCUT2D eigenvalue weighted by Crippen LogP contribution is -2.43. The monoisotopic (exact) mass is 374 g/mol. The molecular weight excluding hydrogens is 356 g/mol. The van der Waals surface area contributed by atoms with Crippen LogP contribution in [0.5, 0.6) is 11.5 Å². The molecule has 0 aromatic heterocycles. The van der Waals surface area contributed by atoms with Crippen molar-refractivity contribution in [1.29, 1.82) is 0 Å². The zero-order valence-electron chi connectivity index (χ0n) is 14.7. The van der Waals surface area contributed by atoms with E-state index >= 15 is 0 Å². The average molecular weight is 374 g/mol. The predicted octanol–water partition coefficient (Wildman–Crippen LogP) is 1.82. The highest BCUT2D eigenvalue weighted by Crippen LogP contribution is 2.25. The van der Waals surface area contributed by atoms with Crippen LogP contribution in [0.4, 0.5) is 5.69 Å². The summed E-state index contributed by atoms with van der Waals surface area (Å²) in [4.78, 5) is 34.9. The van der Waals surface area contributed by atoms with E-state index in [9.17, 15) is 24.8 Å². The third-order valence-electron chi connectivity index (χ3n) is 3.80. The van der Waals surface area contributed by atoms with E-state index in [-0.39, 0.29) is 23.4 Å². The Balaban J connectivity index is 2.29. The van der Waals surface area contributed by atoms with Crippen molar-refractivity contribution in [2.24, 2.45) is 0 Å². The normalized spacial score (nSPS) is 11.3. The fraction of sp³-hybridized carbons (Fsp3) is 0.222. The highest BCUT2D eigenvalue weighted by Gasteiger charge is 2.25. The quantitative estimate of drug-likeness (QED) is 0.430. The Kier molecular flexibility index (Phi) is 6.32. The van der Waals surface area contributed by atoms with E-state index in [0.717, 1.165) is 0 Å². The Hall–Kier alpha value is -3.62. The van der Waals surface area contributed by atoms with Gasteiger partial charge in [0.2, 0.25) is 0 Å². The number of nitrogens with one attached hydrogen (secondary N) is 1. The van der Waals surface area contributed by atoms with Gasteiger partial charge in [-0.15, -0.1) is 0 Å². The van der Waals surface area contributed by atoms with Crippen molar-refractivity contribution in [2.45, 2.75) is 12.5 Å². The lowest BCUT2D eigenvalue weighted by atomic mass is 10.0. The Morgan fingerprint density at radius 3 is 2.56 bits per heavy atom. The van der Waals surface area contributed by atoms with E-state index in [2.05, 4.69) is 5.32 Å². The zero-order valence-corrected chi connectivity index (χ0v) is 14.7. The lowest BCUT2D eigenvalue weighted by molar-refractivity contribution is -0.384.